The van der Waals surface area contributed by atoms with Crippen molar-refractivity contribution in [2.24, 2.45) is 0 Å². The Kier molecular flexibility index (Phi) is 8.19. The van der Waals surface area contributed by atoms with E-state index in [1.807, 2.05) is 31.2 Å². The molecular weight excluding hydrogens is 464 g/mol. The third-order valence-corrected chi connectivity index (χ3v) is 6.77. The molecule has 1 N–H and O–H groups in total. The average Bonchev–Trinajstić information content (AvgIpc) is 2.81. The monoisotopic (exact) mass is 488 g/mol. The van der Waals surface area contributed by atoms with Crippen LogP contribution < -0.4 is 19.1 Å². The normalized spacial score (nSPS) is 11.0. The highest BCUT2D eigenvalue weighted by molar-refractivity contribution is 7.92. The molecule has 7 nitrogen and oxygen atoms in total. The molecule has 0 heterocycles. The van der Waals surface area contributed by atoms with E-state index in [1.165, 1.54) is 25.3 Å². The van der Waals surface area contributed by atoms with Crippen molar-refractivity contribution in [1.82, 2.24) is 5.32 Å². The third-order valence-electron chi connectivity index (χ3n) is 4.74. The topological polar surface area (TPSA) is 84.9 Å². The molecule has 3 rings (SSSR count). The molecule has 1 amide bonds. The van der Waals surface area contributed by atoms with Crippen LogP contribution in [0, 0.1) is 6.92 Å². The van der Waals surface area contributed by atoms with Crippen molar-refractivity contribution >= 4 is 33.2 Å². The van der Waals surface area contributed by atoms with Gasteiger partial charge in [0.1, 0.15) is 24.7 Å². The van der Waals surface area contributed by atoms with Gasteiger partial charge in [0.15, 0.2) is 0 Å². The fourth-order valence-electron chi connectivity index (χ4n) is 3.00. The maximum absolute atomic E-state index is 13.4. The third kappa shape index (κ3) is 6.63. The van der Waals surface area contributed by atoms with Crippen LogP contribution in [0.2, 0.25) is 5.02 Å². The molecule has 0 atom stereocenters. The van der Waals surface area contributed by atoms with Crippen molar-refractivity contribution in [3.63, 3.8) is 0 Å². The summed E-state index contributed by atoms with van der Waals surface area (Å²) in [4.78, 5) is 12.6. The molecule has 0 fully saturated rings. The fraction of sp³-hybridized carbons (Fsp3) is 0.208. The molecule has 0 radical (unpaired) electrons. The van der Waals surface area contributed by atoms with E-state index in [0.29, 0.717) is 16.5 Å². The summed E-state index contributed by atoms with van der Waals surface area (Å²) in [5, 5.41) is 3.05. The molecule has 0 aliphatic heterocycles. The van der Waals surface area contributed by atoms with Crippen LogP contribution >= 0.6 is 11.6 Å². The lowest BCUT2D eigenvalue weighted by atomic mass is 10.2. The van der Waals surface area contributed by atoms with Gasteiger partial charge in [-0.3, -0.25) is 9.10 Å². The van der Waals surface area contributed by atoms with Gasteiger partial charge in [-0.15, -0.1) is 0 Å². The minimum Gasteiger partial charge on any atom is -0.497 e. The number of carbonyl (C=O) groups is 1. The summed E-state index contributed by atoms with van der Waals surface area (Å²) in [6, 6.07) is 19.8. The molecule has 174 valence electrons. The predicted octanol–water partition coefficient (Wildman–Crippen LogP) is 4.05. The number of rotatable bonds is 10. The van der Waals surface area contributed by atoms with Gasteiger partial charge in [0.2, 0.25) is 5.91 Å². The lowest BCUT2D eigenvalue weighted by molar-refractivity contribution is -0.119. The van der Waals surface area contributed by atoms with Crippen molar-refractivity contribution in [1.29, 1.82) is 0 Å². The lowest BCUT2D eigenvalue weighted by Gasteiger charge is -2.24. The number of amides is 1. The van der Waals surface area contributed by atoms with E-state index in [2.05, 4.69) is 5.32 Å². The molecule has 0 spiro atoms. The lowest BCUT2D eigenvalue weighted by Crippen LogP contribution is -2.41. The molecule has 9 heteroatoms. The van der Waals surface area contributed by atoms with E-state index in [4.69, 9.17) is 21.1 Å². The summed E-state index contributed by atoms with van der Waals surface area (Å²) in [7, 11) is -2.55. The summed E-state index contributed by atoms with van der Waals surface area (Å²) in [6.07, 6.45) is 0. The summed E-state index contributed by atoms with van der Waals surface area (Å²) in [5.41, 5.74) is 1.40. The zero-order valence-corrected chi connectivity index (χ0v) is 19.9. The summed E-state index contributed by atoms with van der Waals surface area (Å²) in [6.45, 7) is 2.03. The summed E-state index contributed by atoms with van der Waals surface area (Å²) in [5.74, 6) is 0.742. The Labute approximate surface area is 198 Å². The van der Waals surface area contributed by atoms with E-state index in [0.717, 1.165) is 9.87 Å². The van der Waals surface area contributed by atoms with Crippen LogP contribution in [0.5, 0.6) is 11.5 Å². The quantitative estimate of drug-likeness (QED) is 0.435. The van der Waals surface area contributed by atoms with Gasteiger partial charge in [-0.05, 0) is 61.5 Å². The number of aryl methyl sites for hydroxylation is 1. The maximum atomic E-state index is 13.4. The zero-order chi connectivity index (χ0) is 23.8. The van der Waals surface area contributed by atoms with Crippen LogP contribution in [0.3, 0.4) is 0 Å². The standard InChI is InChI=1S/C24H25ClN2O5S/c1-18-6-8-22(9-7-18)32-15-14-26-24(28)17-27(20-5-3-4-19(25)16-20)33(29,30)23-12-10-21(31-2)11-13-23/h3-13,16H,14-15,17H2,1-2H3,(H,26,28). The van der Waals surface area contributed by atoms with E-state index in [-0.39, 0.29) is 23.7 Å². The molecule has 0 aliphatic rings. The number of methoxy groups -OCH3 is 1. The molecule has 0 bridgehead atoms. The van der Waals surface area contributed by atoms with E-state index in [1.54, 1.807) is 30.3 Å². The first-order chi connectivity index (χ1) is 15.8. The fourth-order valence-corrected chi connectivity index (χ4v) is 4.60. The Morgan fingerprint density at radius 2 is 1.67 bits per heavy atom. The van der Waals surface area contributed by atoms with E-state index in [9.17, 15) is 13.2 Å². The van der Waals surface area contributed by atoms with Gasteiger partial charge in [0, 0.05) is 5.02 Å². The minimum absolute atomic E-state index is 0.0266. The Bertz CT molecular complexity index is 1180. The van der Waals surface area contributed by atoms with Crippen molar-refractivity contribution in [2.45, 2.75) is 11.8 Å². The van der Waals surface area contributed by atoms with Crippen molar-refractivity contribution in [3.8, 4) is 11.5 Å². The molecule has 0 aromatic heterocycles. The van der Waals surface area contributed by atoms with Gasteiger partial charge in [0.05, 0.1) is 24.2 Å². The van der Waals surface area contributed by atoms with Crippen LogP contribution in [-0.4, -0.2) is 41.1 Å². The van der Waals surface area contributed by atoms with Gasteiger partial charge in [-0.1, -0.05) is 35.4 Å². The van der Waals surface area contributed by atoms with Crippen LogP contribution in [0.4, 0.5) is 5.69 Å². The van der Waals surface area contributed by atoms with Gasteiger partial charge < -0.3 is 14.8 Å². The number of ether oxygens (including phenoxy) is 2. The van der Waals surface area contributed by atoms with Gasteiger partial charge in [-0.2, -0.15) is 0 Å². The van der Waals surface area contributed by atoms with Crippen molar-refractivity contribution in [2.75, 3.05) is 31.1 Å². The van der Waals surface area contributed by atoms with E-state index >= 15 is 0 Å². The number of nitrogens with one attached hydrogen (secondary N) is 1. The number of sulfonamides is 1. The second kappa shape index (κ2) is 11.1. The van der Waals surface area contributed by atoms with E-state index < -0.39 is 22.5 Å². The highest BCUT2D eigenvalue weighted by atomic mass is 35.5. The van der Waals surface area contributed by atoms with Gasteiger partial charge in [-0.25, -0.2) is 8.42 Å². The highest BCUT2D eigenvalue weighted by Gasteiger charge is 2.27. The first kappa shape index (κ1) is 24.4. The van der Waals surface area contributed by atoms with Crippen LogP contribution in [0.15, 0.2) is 77.7 Å². The number of hydrogen-bond donors (Lipinski definition) is 1. The zero-order valence-electron chi connectivity index (χ0n) is 18.3. The second-order valence-electron chi connectivity index (χ2n) is 7.18. The van der Waals surface area contributed by atoms with Gasteiger partial charge in [0.25, 0.3) is 10.0 Å². The Morgan fingerprint density at radius 1 is 1.00 bits per heavy atom. The number of nitrogens with zero attached hydrogens (tertiary/aromatic N) is 1. The van der Waals surface area contributed by atoms with Crippen LogP contribution in [0.25, 0.3) is 0 Å². The predicted molar refractivity (Wildman–Crippen MR) is 129 cm³/mol. The average molecular weight is 489 g/mol. The van der Waals surface area contributed by atoms with Crippen LogP contribution in [-0.2, 0) is 14.8 Å². The van der Waals surface area contributed by atoms with Crippen molar-refractivity contribution in [3.05, 3.63) is 83.4 Å². The first-order valence-electron chi connectivity index (χ1n) is 10.2. The molecule has 3 aromatic carbocycles. The summed E-state index contributed by atoms with van der Waals surface area (Å²) < 4.78 is 38.4. The molecule has 0 aliphatic carbocycles. The number of halogens is 1. The number of carbonyl (C=O) groups excluding carboxylic acids is 1. The SMILES string of the molecule is COc1ccc(S(=O)(=O)N(CC(=O)NCCOc2ccc(C)cc2)c2cccc(Cl)c2)cc1. The molecule has 3 aromatic rings. The first-order valence-corrected chi connectivity index (χ1v) is 12.0. The Morgan fingerprint density at radius 3 is 2.30 bits per heavy atom. The molecule has 0 unspecified atom stereocenters. The summed E-state index contributed by atoms with van der Waals surface area (Å²) >= 11 is 6.08. The number of benzene rings is 3. The highest BCUT2D eigenvalue weighted by Crippen LogP contribution is 2.27. The largest absolute Gasteiger partial charge is 0.497 e. The van der Waals surface area contributed by atoms with Gasteiger partial charge >= 0.3 is 0 Å². The number of hydrogen-bond acceptors (Lipinski definition) is 5. The molecular formula is C24H25ClN2O5S. The maximum Gasteiger partial charge on any atom is 0.264 e. The second-order valence-corrected chi connectivity index (χ2v) is 9.48. The molecule has 33 heavy (non-hydrogen) atoms. The Hall–Kier alpha value is -3.23. The number of anilines is 1. The van der Waals surface area contributed by atoms with Crippen LogP contribution in [0.1, 0.15) is 5.56 Å². The molecule has 0 saturated carbocycles. The van der Waals surface area contributed by atoms with Crippen molar-refractivity contribution < 1.29 is 22.7 Å². The molecule has 0 saturated heterocycles. The minimum atomic E-state index is -4.04. The smallest absolute Gasteiger partial charge is 0.264 e. The Balaban J connectivity index is 1.71.